The smallest absolute Gasteiger partial charge is 0.433 e. The van der Waals surface area contributed by atoms with Crippen LogP contribution in [0.4, 0.5) is 32.2 Å². The summed E-state index contributed by atoms with van der Waals surface area (Å²) in [5, 5.41) is 10.5. The number of anilines is 1. The normalized spacial score (nSPS) is 12.1. The van der Waals surface area contributed by atoms with Gasteiger partial charge in [-0.1, -0.05) is 12.1 Å². The van der Waals surface area contributed by atoms with Crippen molar-refractivity contribution in [2.75, 3.05) is 12.4 Å². The lowest BCUT2D eigenvalue weighted by Crippen LogP contribution is -2.16. The first kappa shape index (κ1) is 27.7. The molecule has 212 valence electrons. The van der Waals surface area contributed by atoms with Gasteiger partial charge in [0.25, 0.3) is 5.91 Å². The minimum absolute atomic E-state index is 0.00696. The van der Waals surface area contributed by atoms with Gasteiger partial charge in [0.2, 0.25) is 0 Å². The number of hydrogen-bond donors (Lipinski definition) is 1. The summed E-state index contributed by atoms with van der Waals surface area (Å²) in [6.07, 6.45) is -9.31. The Morgan fingerprint density at radius 2 is 1.66 bits per heavy atom. The summed E-state index contributed by atoms with van der Waals surface area (Å²) < 4.78 is 87.9. The van der Waals surface area contributed by atoms with Crippen LogP contribution in [0.5, 0.6) is 5.75 Å². The number of nitrogens with zero attached hydrogens (tertiary/aromatic N) is 5. The largest absolute Gasteiger partial charge is 0.497 e. The van der Waals surface area contributed by atoms with Gasteiger partial charge in [0.15, 0.2) is 22.9 Å². The van der Waals surface area contributed by atoms with Gasteiger partial charge in [0.1, 0.15) is 5.75 Å². The number of halogens is 6. The SMILES string of the molecule is COc1ccc(-c2cc(C(F)(F)F)n3nc(C(=O)Nc4cc(C)n(Cc5cccc(C(F)(F)F)c5)n4)cc3n2)cc1. The number of fused-ring (bicyclic) bond motifs is 1. The van der Waals surface area contributed by atoms with E-state index in [1.165, 1.54) is 30.0 Å². The predicted octanol–water partition coefficient (Wildman–Crippen LogP) is 6.25. The van der Waals surface area contributed by atoms with Crippen molar-refractivity contribution in [2.24, 2.45) is 0 Å². The number of nitrogens with one attached hydrogen (secondary N) is 1. The Balaban J connectivity index is 1.41. The number of alkyl halides is 6. The molecule has 5 rings (SSSR count). The highest BCUT2D eigenvalue weighted by molar-refractivity contribution is 6.03. The number of aryl methyl sites for hydroxylation is 1. The van der Waals surface area contributed by atoms with Crippen molar-refractivity contribution in [3.63, 3.8) is 0 Å². The van der Waals surface area contributed by atoms with Gasteiger partial charge in [-0.25, -0.2) is 9.50 Å². The zero-order valence-corrected chi connectivity index (χ0v) is 21.4. The number of carbonyl (C=O) groups is 1. The van der Waals surface area contributed by atoms with Crippen molar-refractivity contribution in [3.05, 3.63) is 94.9 Å². The summed E-state index contributed by atoms with van der Waals surface area (Å²) in [5.74, 6) is -0.292. The first-order chi connectivity index (χ1) is 19.3. The van der Waals surface area contributed by atoms with Gasteiger partial charge < -0.3 is 10.1 Å². The van der Waals surface area contributed by atoms with E-state index in [-0.39, 0.29) is 29.4 Å². The van der Waals surface area contributed by atoms with Crippen molar-refractivity contribution in [2.45, 2.75) is 25.8 Å². The molecule has 0 aliphatic rings. The first-order valence-corrected chi connectivity index (χ1v) is 12.0. The highest BCUT2D eigenvalue weighted by Crippen LogP contribution is 2.33. The topological polar surface area (TPSA) is 86.3 Å². The van der Waals surface area contributed by atoms with E-state index < -0.39 is 29.5 Å². The molecule has 0 radical (unpaired) electrons. The predicted molar refractivity (Wildman–Crippen MR) is 135 cm³/mol. The molecule has 8 nitrogen and oxygen atoms in total. The molecule has 0 unspecified atom stereocenters. The van der Waals surface area contributed by atoms with E-state index >= 15 is 0 Å². The molecule has 0 saturated heterocycles. The zero-order chi connectivity index (χ0) is 29.5. The van der Waals surface area contributed by atoms with Crippen LogP contribution in [-0.2, 0) is 18.9 Å². The highest BCUT2D eigenvalue weighted by Gasteiger charge is 2.36. The molecule has 41 heavy (non-hydrogen) atoms. The molecule has 0 atom stereocenters. The molecular formula is C27H20F6N6O2. The molecule has 5 aromatic rings. The Bertz CT molecular complexity index is 1740. The minimum Gasteiger partial charge on any atom is -0.497 e. The Kier molecular flexibility index (Phi) is 6.93. The molecule has 2 aromatic carbocycles. The maximum Gasteiger partial charge on any atom is 0.433 e. The number of amides is 1. The van der Waals surface area contributed by atoms with Crippen LogP contribution < -0.4 is 10.1 Å². The van der Waals surface area contributed by atoms with E-state index in [0.29, 0.717) is 27.1 Å². The lowest BCUT2D eigenvalue weighted by atomic mass is 10.1. The fourth-order valence-electron chi connectivity index (χ4n) is 4.13. The molecule has 1 N–H and O–H groups in total. The Labute approximate surface area is 228 Å². The number of ether oxygens (including phenoxy) is 1. The molecule has 0 saturated carbocycles. The zero-order valence-electron chi connectivity index (χ0n) is 21.4. The number of carbonyl (C=O) groups excluding carboxylic acids is 1. The van der Waals surface area contributed by atoms with Crippen LogP contribution >= 0.6 is 0 Å². The van der Waals surface area contributed by atoms with Gasteiger partial charge in [-0.05, 0) is 55.0 Å². The average molecular weight is 574 g/mol. The van der Waals surface area contributed by atoms with Crippen molar-refractivity contribution in [1.82, 2.24) is 24.4 Å². The number of aromatic nitrogens is 5. The third-order valence-corrected chi connectivity index (χ3v) is 6.15. The second-order valence-corrected chi connectivity index (χ2v) is 9.03. The van der Waals surface area contributed by atoms with Crippen LogP contribution in [0.3, 0.4) is 0 Å². The first-order valence-electron chi connectivity index (χ1n) is 12.0. The summed E-state index contributed by atoms with van der Waals surface area (Å²) >= 11 is 0. The Morgan fingerprint density at radius 3 is 2.32 bits per heavy atom. The van der Waals surface area contributed by atoms with E-state index in [1.54, 1.807) is 31.2 Å². The van der Waals surface area contributed by atoms with E-state index in [4.69, 9.17) is 4.74 Å². The van der Waals surface area contributed by atoms with E-state index in [0.717, 1.165) is 24.3 Å². The molecule has 3 aromatic heterocycles. The molecule has 0 aliphatic carbocycles. The van der Waals surface area contributed by atoms with Crippen LogP contribution in [0.15, 0.2) is 66.7 Å². The number of hydrogen-bond acceptors (Lipinski definition) is 5. The van der Waals surface area contributed by atoms with Crippen molar-refractivity contribution in [3.8, 4) is 17.0 Å². The fourth-order valence-corrected chi connectivity index (χ4v) is 4.13. The van der Waals surface area contributed by atoms with E-state index in [1.807, 2.05) is 0 Å². The minimum atomic E-state index is -4.80. The van der Waals surface area contributed by atoms with Crippen molar-refractivity contribution in [1.29, 1.82) is 0 Å². The third kappa shape index (κ3) is 5.85. The van der Waals surface area contributed by atoms with Gasteiger partial charge >= 0.3 is 12.4 Å². The van der Waals surface area contributed by atoms with Crippen LogP contribution in [0.25, 0.3) is 16.9 Å². The van der Waals surface area contributed by atoms with Crippen molar-refractivity contribution >= 4 is 17.4 Å². The van der Waals surface area contributed by atoms with Gasteiger partial charge in [-0.15, -0.1) is 0 Å². The van der Waals surface area contributed by atoms with E-state index in [9.17, 15) is 31.1 Å². The highest BCUT2D eigenvalue weighted by atomic mass is 19.4. The second-order valence-electron chi connectivity index (χ2n) is 9.03. The third-order valence-electron chi connectivity index (χ3n) is 6.15. The molecule has 14 heteroatoms. The standard InChI is InChI=1S/C27H20F6N6O2/c1-15-10-23(37-38(15)14-16-4-3-5-18(11-16)26(28,29)30)35-25(40)21-13-24-34-20(17-6-8-19(41-2)9-7-17)12-22(27(31,32)33)39(24)36-21/h3-13H,14H2,1-2H3,(H,35,37,40). The molecule has 0 fully saturated rings. The van der Waals surface area contributed by atoms with Crippen LogP contribution in [0, 0.1) is 6.92 Å². The molecular weight excluding hydrogens is 554 g/mol. The number of benzene rings is 2. The molecule has 0 bridgehead atoms. The lowest BCUT2D eigenvalue weighted by molar-refractivity contribution is -0.142. The van der Waals surface area contributed by atoms with Crippen LogP contribution in [0.1, 0.15) is 33.0 Å². The Hall–Kier alpha value is -4.88. The maximum absolute atomic E-state index is 13.9. The summed E-state index contributed by atoms with van der Waals surface area (Å²) in [5.41, 5.74) is -1.21. The number of rotatable bonds is 6. The summed E-state index contributed by atoms with van der Waals surface area (Å²) in [6.45, 7) is 1.63. The van der Waals surface area contributed by atoms with Gasteiger partial charge in [-0.2, -0.15) is 36.5 Å². The number of methoxy groups -OCH3 is 1. The van der Waals surface area contributed by atoms with Gasteiger partial charge in [0, 0.05) is 23.4 Å². The van der Waals surface area contributed by atoms with Crippen LogP contribution in [-0.4, -0.2) is 37.4 Å². The summed E-state index contributed by atoms with van der Waals surface area (Å²) in [6, 6.07) is 14.5. The van der Waals surface area contributed by atoms with Crippen molar-refractivity contribution < 1.29 is 35.9 Å². The lowest BCUT2D eigenvalue weighted by Gasteiger charge is -2.11. The average Bonchev–Trinajstić information content (AvgIpc) is 3.50. The molecule has 0 spiro atoms. The molecule has 1 amide bonds. The summed E-state index contributed by atoms with van der Waals surface area (Å²) in [4.78, 5) is 17.2. The quantitative estimate of drug-likeness (QED) is 0.243. The molecule has 0 aliphatic heterocycles. The van der Waals surface area contributed by atoms with E-state index in [2.05, 4.69) is 20.5 Å². The fraction of sp³-hybridized carbons (Fsp3) is 0.185. The van der Waals surface area contributed by atoms with Crippen LogP contribution in [0.2, 0.25) is 0 Å². The van der Waals surface area contributed by atoms with Gasteiger partial charge in [-0.3, -0.25) is 9.48 Å². The van der Waals surface area contributed by atoms with Gasteiger partial charge in [0.05, 0.1) is 24.9 Å². The maximum atomic E-state index is 13.9. The second kappa shape index (κ2) is 10.3. The monoisotopic (exact) mass is 574 g/mol. The summed E-state index contributed by atoms with van der Waals surface area (Å²) in [7, 11) is 1.46. The Morgan fingerprint density at radius 1 is 0.927 bits per heavy atom. The molecule has 3 heterocycles.